The van der Waals surface area contributed by atoms with Crippen LogP contribution >= 0.6 is 0 Å². The van der Waals surface area contributed by atoms with Crippen molar-refractivity contribution in [3.05, 3.63) is 30.1 Å². The minimum Gasteiger partial charge on any atom is -0.444 e. The Bertz CT molecular complexity index is 563. The molecule has 0 radical (unpaired) electrons. The van der Waals surface area contributed by atoms with E-state index < -0.39 is 5.60 Å². The van der Waals surface area contributed by atoms with Gasteiger partial charge >= 0.3 is 6.09 Å². The zero-order chi connectivity index (χ0) is 18.3. The first-order valence-electron chi connectivity index (χ1n) is 8.70. The summed E-state index contributed by atoms with van der Waals surface area (Å²) in [5, 5.41) is 5.78. The van der Waals surface area contributed by atoms with E-state index in [1.54, 1.807) is 6.20 Å². The quantitative estimate of drug-likeness (QED) is 0.846. The fourth-order valence-electron chi connectivity index (χ4n) is 2.66. The normalized spacial score (nSPS) is 16.3. The van der Waals surface area contributed by atoms with Gasteiger partial charge in [-0.2, -0.15) is 0 Å². The highest BCUT2D eigenvalue weighted by molar-refractivity contribution is 5.78. The summed E-state index contributed by atoms with van der Waals surface area (Å²) in [4.78, 5) is 30.1. The van der Waals surface area contributed by atoms with E-state index in [1.165, 1.54) is 0 Å². The van der Waals surface area contributed by atoms with Crippen molar-refractivity contribution in [3.63, 3.8) is 0 Å². The van der Waals surface area contributed by atoms with E-state index in [-0.39, 0.29) is 18.0 Å². The minimum absolute atomic E-state index is 0.01000. The molecule has 7 heteroatoms. The third kappa shape index (κ3) is 7.51. The van der Waals surface area contributed by atoms with Crippen molar-refractivity contribution in [2.75, 3.05) is 19.6 Å². The summed E-state index contributed by atoms with van der Waals surface area (Å²) in [6, 6.07) is 5.73. The van der Waals surface area contributed by atoms with Crippen LogP contribution in [0.4, 0.5) is 4.79 Å². The summed E-state index contributed by atoms with van der Waals surface area (Å²) in [6.45, 7) is 7.90. The van der Waals surface area contributed by atoms with Gasteiger partial charge in [0.25, 0.3) is 0 Å². The molecular formula is C18H28N4O3. The second-order valence-corrected chi connectivity index (χ2v) is 7.29. The highest BCUT2D eigenvalue weighted by Crippen LogP contribution is 2.12. The molecule has 0 bridgehead atoms. The molecule has 2 amide bonds. The molecule has 0 aromatic carbocycles. The molecule has 0 unspecified atom stereocenters. The number of aromatic nitrogens is 1. The first-order chi connectivity index (χ1) is 11.8. The van der Waals surface area contributed by atoms with E-state index in [0.717, 1.165) is 31.6 Å². The lowest BCUT2D eigenvalue weighted by Gasteiger charge is -2.32. The van der Waals surface area contributed by atoms with Crippen LogP contribution in [-0.4, -0.2) is 53.2 Å². The third-order valence-electron chi connectivity index (χ3n) is 3.87. The second kappa shape index (κ2) is 8.80. The lowest BCUT2D eigenvalue weighted by Crippen LogP contribution is -2.48. The van der Waals surface area contributed by atoms with Gasteiger partial charge in [0.15, 0.2) is 0 Å². The van der Waals surface area contributed by atoms with Crippen LogP contribution in [0.3, 0.4) is 0 Å². The summed E-state index contributed by atoms with van der Waals surface area (Å²) in [5.41, 5.74) is 0.354. The molecule has 25 heavy (non-hydrogen) atoms. The average molecular weight is 348 g/mol. The summed E-state index contributed by atoms with van der Waals surface area (Å²) in [5.74, 6) is -0.01000. The topological polar surface area (TPSA) is 83.6 Å². The number of hydrogen-bond donors (Lipinski definition) is 2. The van der Waals surface area contributed by atoms with E-state index in [1.807, 2.05) is 39.0 Å². The molecule has 1 aromatic rings. The number of nitrogens with zero attached hydrogens (tertiary/aromatic N) is 2. The van der Waals surface area contributed by atoms with Gasteiger partial charge in [-0.25, -0.2) is 4.79 Å². The number of carbonyl (C=O) groups is 2. The molecule has 1 fully saturated rings. The Kier molecular flexibility index (Phi) is 6.75. The van der Waals surface area contributed by atoms with E-state index in [9.17, 15) is 9.59 Å². The molecule has 1 aromatic heterocycles. The van der Waals surface area contributed by atoms with E-state index in [2.05, 4.69) is 20.5 Å². The number of hydrogen-bond acceptors (Lipinski definition) is 5. The van der Waals surface area contributed by atoms with Gasteiger partial charge in [0.1, 0.15) is 5.60 Å². The fourth-order valence-corrected chi connectivity index (χ4v) is 2.66. The molecule has 7 nitrogen and oxygen atoms in total. The summed E-state index contributed by atoms with van der Waals surface area (Å²) in [7, 11) is 0. The summed E-state index contributed by atoms with van der Waals surface area (Å²) < 4.78 is 5.27. The molecule has 0 atom stereocenters. The van der Waals surface area contributed by atoms with Crippen LogP contribution < -0.4 is 10.6 Å². The lowest BCUT2D eigenvalue weighted by molar-refractivity contribution is -0.122. The van der Waals surface area contributed by atoms with Crippen LogP contribution in [0.1, 0.15) is 39.3 Å². The number of ether oxygens (including phenoxy) is 1. The monoisotopic (exact) mass is 348 g/mol. The molecule has 0 saturated carbocycles. The first-order valence-corrected chi connectivity index (χ1v) is 8.70. The highest BCUT2D eigenvalue weighted by atomic mass is 16.6. The van der Waals surface area contributed by atoms with Crippen molar-refractivity contribution in [1.29, 1.82) is 0 Å². The van der Waals surface area contributed by atoms with Gasteiger partial charge in [0, 0.05) is 25.3 Å². The Hall–Kier alpha value is -2.15. The largest absolute Gasteiger partial charge is 0.444 e. The Balaban J connectivity index is 1.64. The van der Waals surface area contributed by atoms with Gasteiger partial charge in [-0.05, 0) is 45.7 Å². The number of amides is 2. The molecule has 0 spiro atoms. The lowest BCUT2D eigenvalue weighted by atomic mass is 10.1. The number of alkyl carbamates (subject to hydrolysis) is 1. The maximum absolute atomic E-state index is 12.0. The molecular weight excluding hydrogens is 320 g/mol. The van der Waals surface area contributed by atoms with Crippen LogP contribution in [0.2, 0.25) is 0 Å². The van der Waals surface area contributed by atoms with E-state index >= 15 is 0 Å². The minimum atomic E-state index is -0.490. The van der Waals surface area contributed by atoms with Gasteiger partial charge in [-0.3, -0.25) is 14.7 Å². The third-order valence-corrected chi connectivity index (χ3v) is 3.87. The molecule has 2 heterocycles. The zero-order valence-corrected chi connectivity index (χ0v) is 15.2. The van der Waals surface area contributed by atoms with Crippen molar-refractivity contribution in [2.24, 2.45) is 0 Å². The SMILES string of the molecule is CC(C)(C)OC(=O)NC1CCN(CC(=O)NCc2ccccn2)CC1. The smallest absolute Gasteiger partial charge is 0.407 e. The Morgan fingerprint density at radius 2 is 2.00 bits per heavy atom. The van der Waals surface area contributed by atoms with Gasteiger partial charge in [-0.1, -0.05) is 6.07 Å². The standard InChI is InChI=1S/C18H28N4O3/c1-18(2,3)25-17(24)21-14-7-10-22(11-8-14)13-16(23)20-12-15-6-4-5-9-19-15/h4-6,9,14H,7-8,10-13H2,1-3H3,(H,20,23)(H,21,24). The van der Waals surface area contributed by atoms with Crippen molar-refractivity contribution in [2.45, 2.75) is 51.8 Å². The molecule has 1 aliphatic heterocycles. The summed E-state index contributed by atoms with van der Waals surface area (Å²) >= 11 is 0. The number of nitrogens with one attached hydrogen (secondary N) is 2. The molecule has 1 aliphatic rings. The molecule has 2 N–H and O–H groups in total. The molecule has 138 valence electrons. The molecule has 1 saturated heterocycles. The maximum atomic E-state index is 12.0. The Labute approximate surface area is 149 Å². The van der Waals surface area contributed by atoms with Crippen LogP contribution in [0.25, 0.3) is 0 Å². The molecule has 0 aliphatic carbocycles. The van der Waals surface area contributed by atoms with Crippen LogP contribution in [-0.2, 0) is 16.1 Å². The van der Waals surface area contributed by atoms with Crippen LogP contribution in [0.5, 0.6) is 0 Å². The number of rotatable bonds is 5. The van der Waals surface area contributed by atoms with Crippen molar-refractivity contribution < 1.29 is 14.3 Å². The summed E-state index contributed by atoms with van der Waals surface area (Å²) in [6.07, 6.45) is 2.96. The number of likely N-dealkylation sites (tertiary alicyclic amines) is 1. The predicted molar refractivity (Wildman–Crippen MR) is 94.9 cm³/mol. The fraction of sp³-hybridized carbons (Fsp3) is 0.611. The number of carbonyl (C=O) groups excluding carboxylic acids is 2. The average Bonchev–Trinajstić information content (AvgIpc) is 2.54. The second-order valence-electron chi connectivity index (χ2n) is 7.29. The van der Waals surface area contributed by atoms with Crippen molar-refractivity contribution in [1.82, 2.24) is 20.5 Å². The predicted octanol–water partition coefficient (Wildman–Crippen LogP) is 1.69. The first kappa shape index (κ1) is 19.2. The van der Waals surface area contributed by atoms with Gasteiger partial charge in [0.05, 0.1) is 18.8 Å². The van der Waals surface area contributed by atoms with Crippen LogP contribution in [0.15, 0.2) is 24.4 Å². The van der Waals surface area contributed by atoms with Crippen LogP contribution in [0, 0.1) is 0 Å². The Morgan fingerprint density at radius 1 is 1.28 bits per heavy atom. The Morgan fingerprint density at radius 3 is 2.60 bits per heavy atom. The van der Waals surface area contributed by atoms with Gasteiger partial charge < -0.3 is 15.4 Å². The highest BCUT2D eigenvalue weighted by Gasteiger charge is 2.24. The maximum Gasteiger partial charge on any atom is 0.407 e. The zero-order valence-electron chi connectivity index (χ0n) is 15.2. The number of pyridine rings is 1. The van der Waals surface area contributed by atoms with Crippen molar-refractivity contribution in [3.8, 4) is 0 Å². The van der Waals surface area contributed by atoms with Gasteiger partial charge in [-0.15, -0.1) is 0 Å². The van der Waals surface area contributed by atoms with E-state index in [0.29, 0.717) is 13.1 Å². The van der Waals surface area contributed by atoms with E-state index in [4.69, 9.17) is 4.74 Å². The molecule has 2 rings (SSSR count). The number of piperidine rings is 1. The van der Waals surface area contributed by atoms with Gasteiger partial charge in [0.2, 0.25) is 5.91 Å². The van der Waals surface area contributed by atoms with Crippen molar-refractivity contribution >= 4 is 12.0 Å².